The molecule has 1 aliphatic rings. The molecule has 0 saturated heterocycles. The van der Waals surface area contributed by atoms with E-state index >= 15 is 0 Å². The molecule has 19 heavy (non-hydrogen) atoms. The molecule has 1 aromatic carbocycles. The number of aromatic nitrogens is 1. The molecule has 1 unspecified atom stereocenters. The summed E-state index contributed by atoms with van der Waals surface area (Å²) in [5.41, 5.74) is 4.77. The zero-order valence-corrected chi connectivity index (χ0v) is 11.1. The standard InChI is InChI=1S/C16H17N3/c1-19-11-12(8-14(19)9-17)10-18-16-7-6-13-4-2-3-5-15(13)16/h2-5,8,11,16,18H,6-7,10H2,1H3. The van der Waals surface area contributed by atoms with E-state index in [0.717, 1.165) is 19.4 Å². The minimum absolute atomic E-state index is 0.446. The van der Waals surface area contributed by atoms with Gasteiger partial charge in [0.05, 0.1) is 0 Å². The Labute approximate surface area is 113 Å². The second-order valence-electron chi connectivity index (χ2n) is 5.13. The van der Waals surface area contributed by atoms with Gasteiger partial charge in [-0.15, -0.1) is 0 Å². The maximum Gasteiger partial charge on any atom is 0.120 e. The molecule has 0 radical (unpaired) electrons. The highest BCUT2D eigenvalue weighted by Gasteiger charge is 2.21. The van der Waals surface area contributed by atoms with Crippen LogP contribution in [0.25, 0.3) is 0 Å². The summed E-state index contributed by atoms with van der Waals surface area (Å²) in [7, 11) is 1.91. The molecule has 1 atom stereocenters. The number of aryl methyl sites for hydroxylation is 2. The first-order chi connectivity index (χ1) is 9.28. The molecule has 0 saturated carbocycles. The van der Waals surface area contributed by atoms with Crippen molar-refractivity contribution in [3.63, 3.8) is 0 Å². The molecular formula is C16H17N3. The summed E-state index contributed by atoms with van der Waals surface area (Å²) in [6.45, 7) is 0.814. The average molecular weight is 251 g/mol. The summed E-state index contributed by atoms with van der Waals surface area (Å²) in [6, 6.07) is 13.2. The molecule has 0 aliphatic heterocycles. The molecule has 3 nitrogen and oxygen atoms in total. The molecule has 0 fully saturated rings. The van der Waals surface area contributed by atoms with Crippen LogP contribution in [-0.2, 0) is 20.0 Å². The number of nitrogens with one attached hydrogen (secondary N) is 1. The Balaban J connectivity index is 1.69. The van der Waals surface area contributed by atoms with Gasteiger partial charge in [0.15, 0.2) is 0 Å². The van der Waals surface area contributed by atoms with Gasteiger partial charge in [0, 0.05) is 25.8 Å². The molecule has 1 aromatic heterocycles. The van der Waals surface area contributed by atoms with E-state index in [2.05, 4.69) is 35.7 Å². The van der Waals surface area contributed by atoms with Gasteiger partial charge >= 0.3 is 0 Å². The molecule has 2 aromatic rings. The zero-order valence-electron chi connectivity index (χ0n) is 11.1. The number of nitrogens with zero attached hydrogens (tertiary/aromatic N) is 2. The Bertz CT molecular complexity index is 634. The second-order valence-corrected chi connectivity index (χ2v) is 5.13. The third-order valence-electron chi connectivity index (χ3n) is 3.86. The molecule has 1 aliphatic carbocycles. The summed E-state index contributed by atoms with van der Waals surface area (Å²) < 4.78 is 1.87. The Morgan fingerprint density at radius 1 is 1.42 bits per heavy atom. The third kappa shape index (κ3) is 2.27. The van der Waals surface area contributed by atoms with Crippen LogP contribution in [0, 0.1) is 11.3 Å². The molecule has 0 amide bonds. The Kier molecular flexibility index (Phi) is 3.10. The first-order valence-electron chi connectivity index (χ1n) is 6.64. The highest BCUT2D eigenvalue weighted by molar-refractivity contribution is 5.34. The van der Waals surface area contributed by atoms with Gasteiger partial charge in [-0.05, 0) is 35.6 Å². The predicted molar refractivity (Wildman–Crippen MR) is 74.5 cm³/mol. The van der Waals surface area contributed by atoms with Gasteiger partial charge in [-0.25, -0.2) is 0 Å². The summed E-state index contributed by atoms with van der Waals surface area (Å²) in [4.78, 5) is 0. The number of benzene rings is 1. The van der Waals surface area contributed by atoms with Gasteiger partial charge in [0.2, 0.25) is 0 Å². The maximum atomic E-state index is 8.95. The lowest BCUT2D eigenvalue weighted by Gasteiger charge is -2.13. The van der Waals surface area contributed by atoms with Crippen molar-refractivity contribution in [3.8, 4) is 6.07 Å². The quantitative estimate of drug-likeness (QED) is 0.911. The van der Waals surface area contributed by atoms with Crippen molar-refractivity contribution >= 4 is 0 Å². The number of hydrogen-bond donors (Lipinski definition) is 1. The van der Waals surface area contributed by atoms with Crippen LogP contribution in [-0.4, -0.2) is 4.57 Å². The first-order valence-corrected chi connectivity index (χ1v) is 6.64. The Hall–Kier alpha value is -2.05. The summed E-state index contributed by atoms with van der Waals surface area (Å²) in [6.07, 6.45) is 4.34. The van der Waals surface area contributed by atoms with Crippen molar-refractivity contribution in [1.82, 2.24) is 9.88 Å². The monoisotopic (exact) mass is 251 g/mol. The van der Waals surface area contributed by atoms with Crippen LogP contribution < -0.4 is 5.32 Å². The van der Waals surface area contributed by atoms with Crippen LogP contribution in [0.15, 0.2) is 36.5 Å². The van der Waals surface area contributed by atoms with E-state index in [9.17, 15) is 0 Å². The smallest absolute Gasteiger partial charge is 0.120 e. The Morgan fingerprint density at radius 3 is 3.05 bits per heavy atom. The van der Waals surface area contributed by atoms with E-state index in [1.165, 1.54) is 16.7 Å². The largest absolute Gasteiger partial charge is 0.342 e. The lowest BCUT2D eigenvalue weighted by Crippen LogP contribution is -2.18. The fraction of sp³-hybridized carbons (Fsp3) is 0.312. The van der Waals surface area contributed by atoms with Gasteiger partial charge in [0.1, 0.15) is 11.8 Å². The van der Waals surface area contributed by atoms with Crippen LogP contribution in [0.2, 0.25) is 0 Å². The van der Waals surface area contributed by atoms with Crippen molar-refractivity contribution in [3.05, 3.63) is 58.9 Å². The second kappa shape index (κ2) is 4.91. The van der Waals surface area contributed by atoms with Crippen molar-refractivity contribution in [2.45, 2.75) is 25.4 Å². The van der Waals surface area contributed by atoms with Crippen LogP contribution in [0.5, 0.6) is 0 Å². The van der Waals surface area contributed by atoms with Gasteiger partial charge in [-0.1, -0.05) is 24.3 Å². The summed E-state index contributed by atoms with van der Waals surface area (Å²) in [5.74, 6) is 0. The number of rotatable bonds is 3. The SMILES string of the molecule is Cn1cc(CNC2CCc3ccccc32)cc1C#N. The topological polar surface area (TPSA) is 40.8 Å². The summed E-state index contributed by atoms with van der Waals surface area (Å²) >= 11 is 0. The van der Waals surface area contributed by atoms with Crippen LogP contribution in [0.4, 0.5) is 0 Å². The normalized spacial score (nSPS) is 17.2. The fourth-order valence-electron chi connectivity index (χ4n) is 2.85. The Morgan fingerprint density at radius 2 is 2.26 bits per heavy atom. The third-order valence-corrected chi connectivity index (χ3v) is 3.86. The minimum Gasteiger partial charge on any atom is -0.342 e. The van der Waals surface area contributed by atoms with E-state index in [1.807, 2.05) is 23.9 Å². The molecule has 1 N–H and O–H groups in total. The van der Waals surface area contributed by atoms with Gasteiger partial charge in [-0.2, -0.15) is 5.26 Å². The van der Waals surface area contributed by atoms with Crippen molar-refractivity contribution < 1.29 is 0 Å². The fourth-order valence-corrected chi connectivity index (χ4v) is 2.85. The molecule has 0 bridgehead atoms. The number of fused-ring (bicyclic) bond motifs is 1. The van der Waals surface area contributed by atoms with E-state index in [4.69, 9.17) is 5.26 Å². The van der Waals surface area contributed by atoms with Gasteiger partial charge in [0.25, 0.3) is 0 Å². The number of hydrogen-bond acceptors (Lipinski definition) is 2. The number of nitriles is 1. The van der Waals surface area contributed by atoms with E-state index in [0.29, 0.717) is 11.7 Å². The molecule has 3 heteroatoms. The van der Waals surface area contributed by atoms with E-state index in [-0.39, 0.29) is 0 Å². The molecule has 96 valence electrons. The van der Waals surface area contributed by atoms with Crippen molar-refractivity contribution in [1.29, 1.82) is 5.26 Å². The summed E-state index contributed by atoms with van der Waals surface area (Å²) in [5, 5.41) is 12.5. The zero-order chi connectivity index (χ0) is 13.2. The van der Waals surface area contributed by atoms with Crippen LogP contribution in [0.1, 0.15) is 34.8 Å². The molecule has 1 heterocycles. The minimum atomic E-state index is 0.446. The van der Waals surface area contributed by atoms with Gasteiger partial charge < -0.3 is 9.88 Å². The van der Waals surface area contributed by atoms with E-state index in [1.54, 1.807) is 0 Å². The molecule has 3 rings (SSSR count). The molecule has 0 spiro atoms. The highest BCUT2D eigenvalue weighted by atomic mass is 15.0. The van der Waals surface area contributed by atoms with Gasteiger partial charge in [-0.3, -0.25) is 0 Å². The average Bonchev–Trinajstić information content (AvgIpc) is 3.00. The highest BCUT2D eigenvalue weighted by Crippen LogP contribution is 2.30. The predicted octanol–water partition coefficient (Wildman–Crippen LogP) is 2.67. The van der Waals surface area contributed by atoms with Crippen LogP contribution >= 0.6 is 0 Å². The molecular weight excluding hydrogens is 234 g/mol. The van der Waals surface area contributed by atoms with Crippen LogP contribution in [0.3, 0.4) is 0 Å². The first kappa shape index (κ1) is 12.0. The van der Waals surface area contributed by atoms with Crippen molar-refractivity contribution in [2.24, 2.45) is 7.05 Å². The van der Waals surface area contributed by atoms with Crippen molar-refractivity contribution in [2.75, 3.05) is 0 Å². The van der Waals surface area contributed by atoms with E-state index < -0.39 is 0 Å². The lowest BCUT2D eigenvalue weighted by molar-refractivity contribution is 0.530. The lowest BCUT2D eigenvalue weighted by atomic mass is 10.1. The maximum absolute atomic E-state index is 8.95.